The molecule has 2 heterocycles. The number of hydrogen-bond donors (Lipinski definition) is 1. The highest BCUT2D eigenvalue weighted by Crippen LogP contribution is 2.26. The summed E-state index contributed by atoms with van der Waals surface area (Å²) in [5.74, 6) is 0.163. The topological polar surface area (TPSA) is 62.4 Å². The molecule has 2 aromatic rings. The largest absolute Gasteiger partial charge is 0.485 e. The number of halogens is 2. The number of carbonyl (C=O) groups excluding carboxylic acids is 2. The number of H-pyrrole nitrogens is 1. The molecule has 1 aliphatic rings. The molecule has 0 atom stereocenters. The van der Waals surface area contributed by atoms with Gasteiger partial charge in [-0.15, -0.1) is 0 Å². The number of ketones is 1. The van der Waals surface area contributed by atoms with Crippen LogP contribution in [0, 0.1) is 0 Å². The lowest BCUT2D eigenvalue weighted by Crippen LogP contribution is -2.27. The van der Waals surface area contributed by atoms with Gasteiger partial charge in [-0.05, 0) is 31.0 Å². The molecule has 7 heteroatoms. The van der Waals surface area contributed by atoms with E-state index in [1.165, 1.54) is 6.20 Å². The molecular weight excluding hydrogens is 351 g/mol. The molecule has 1 fully saturated rings. The van der Waals surface area contributed by atoms with Gasteiger partial charge in [-0.3, -0.25) is 9.59 Å². The van der Waals surface area contributed by atoms with E-state index in [1.807, 2.05) is 0 Å². The van der Waals surface area contributed by atoms with Crippen LogP contribution in [0.3, 0.4) is 0 Å². The Morgan fingerprint density at radius 2 is 1.88 bits per heavy atom. The number of Topliss-reactive ketones (excluding diaryl/α,β-unsaturated/α-hetero) is 1. The molecule has 1 amide bonds. The number of likely N-dealkylation sites (tertiary alicyclic amines) is 1. The van der Waals surface area contributed by atoms with Gasteiger partial charge in [0.2, 0.25) is 5.78 Å². The van der Waals surface area contributed by atoms with E-state index in [2.05, 4.69) is 4.98 Å². The fourth-order valence-electron chi connectivity index (χ4n) is 2.57. The molecule has 1 N–H and O–H groups in total. The molecule has 0 aliphatic carbocycles. The minimum Gasteiger partial charge on any atom is -0.485 e. The molecule has 0 unspecified atom stereocenters. The first-order chi connectivity index (χ1) is 11.5. The van der Waals surface area contributed by atoms with Crippen LogP contribution in [0.5, 0.6) is 5.75 Å². The molecule has 24 heavy (non-hydrogen) atoms. The Bertz CT molecular complexity index is 767. The summed E-state index contributed by atoms with van der Waals surface area (Å²) in [5, 5.41) is 0.785. The molecule has 5 nitrogen and oxygen atoms in total. The molecule has 126 valence electrons. The van der Waals surface area contributed by atoms with Crippen molar-refractivity contribution >= 4 is 34.9 Å². The molecular formula is C17H16Cl2N2O3. The smallest absolute Gasteiger partial charge is 0.270 e. The predicted octanol–water partition coefficient (Wildman–Crippen LogP) is 3.82. The number of nitrogens with zero attached hydrogens (tertiary/aromatic N) is 1. The van der Waals surface area contributed by atoms with E-state index in [1.54, 1.807) is 29.2 Å². The van der Waals surface area contributed by atoms with Gasteiger partial charge in [-0.2, -0.15) is 0 Å². The summed E-state index contributed by atoms with van der Waals surface area (Å²) in [6.45, 7) is 1.39. The van der Waals surface area contributed by atoms with Crippen LogP contribution in [-0.4, -0.2) is 41.3 Å². The normalized spacial score (nSPS) is 14.0. The lowest BCUT2D eigenvalue weighted by atomic mass is 10.2. The first-order valence-electron chi connectivity index (χ1n) is 7.63. The Morgan fingerprint density at radius 3 is 2.58 bits per heavy atom. The van der Waals surface area contributed by atoms with Gasteiger partial charge in [-0.1, -0.05) is 23.2 Å². The standard InChI is InChI=1S/C17H16Cl2N2O3/c18-13-4-3-12(8-14(13)19)24-10-16(22)11-7-15(20-9-11)17(23)21-5-1-2-6-21/h3-4,7-9,20H,1-2,5-6,10H2. The number of rotatable bonds is 5. The molecule has 1 aromatic carbocycles. The Balaban J connectivity index is 1.61. The third-order valence-corrected chi connectivity index (χ3v) is 4.63. The first kappa shape index (κ1) is 16.9. The van der Waals surface area contributed by atoms with Crippen molar-refractivity contribution < 1.29 is 14.3 Å². The quantitative estimate of drug-likeness (QED) is 0.818. The van der Waals surface area contributed by atoms with Crippen LogP contribution in [0.15, 0.2) is 30.5 Å². The minimum absolute atomic E-state index is 0.0723. The average Bonchev–Trinajstić information content (AvgIpc) is 3.26. The fourth-order valence-corrected chi connectivity index (χ4v) is 2.86. The highest BCUT2D eigenvalue weighted by molar-refractivity contribution is 6.42. The van der Waals surface area contributed by atoms with E-state index in [0.29, 0.717) is 27.1 Å². The van der Waals surface area contributed by atoms with E-state index in [-0.39, 0.29) is 18.3 Å². The fraction of sp³-hybridized carbons (Fsp3) is 0.294. The van der Waals surface area contributed by atoms with Gasteiger partial charge in [0, 0.05) is 30.9 Å². The Hall–Kier alpha value is -1.98. The molecule has 0 saturated carbocycles. The monoisotopic (exact) mass is 366 g/mol. The zero-order valence-corrected chi connectivity index (χ0v) is 14.4. The second-order valence-corrected chi connectivity index (χ2v) is 6.40. The summed E-state index contributed by atoms with van der Waals surface area (Å²) < 4.78 is 5.43. The van der Waals surface area contributed by atoms with Gasteiger partial charge in [-0.25, -0.2) is 0 Å². The van der Waals surface area contributed by atoms with Crippen molar-refractivity contribution in [2.75, 3.05) is 19.7 Å². The van der Waals surface area contributed by atoms with Crippen molar-refractivity contribution in [1.29, 1.82) is 0 Å². The van der Waals surface area contributed by atoms with E-state index in [0.717, 1.165) is 25.9 Å². The van der Waals surface area contributed by atoms with Gasteiger partial charge in [0.25, 0.3) is 5.91 Å². The third-order valence-electron chi connectivity index (χ3n) is 3.89. The lowest BCUT2D eigenvalue weighted by Gasteiger charge is -2.13. The van der Waals surface area contributed by atoms with Crippen LogP contribution in [0.1, 0.15) is 33.7 Å². The maximum atomic E-state index is 12.3. The summed E-state index contributed by atoms with van der Waals surface area (Å²) in [5.41, 5.74) is 0.840. The Labute approximate surface area is 149 Å². The number of nitrogens with one attached hydrogen (secondary N) is 1. The van der Waals surface area contributed by atoms with Gasteiger partial charge >= 0.3 is 0 Å². The molecule has 0 bridgehead atoms. The van der Waals surface area contributed by atoms with Gasteiger partial charge in [0.05, 0.1) is 10.0 Å². The number of ether oxygens (including phenoxy) is 1. The average molecular weight is 367 g/mol. The number of aromatic nitrogens is 1. The third kappa shape index (κ3) is 3.74. The van der Waals surface area contributed by atoms with Crippen LogP contribution < -0.4 is 4.74 Å². The Morgan fingerprint density at radius 1 is 1.12 bits per heavy atom. The van der Waals surface area contributed by atoms with Gasteiger partial charge in [0.15, 0.2) is 6.61 Å². The van der Waals surface area contributed by atoms with Crippen molar-refractivity contribution in [2.24, 2.45) is 0 Å². The van der Waals surface area contributed by atoms with Crippen molar-refractivity contribution in [3.05, 3.63) is 51.8 Å². The number of carbonyl (C=O) groups is 2. The zero-order chi connectivity index (χ0) is 17.1. The van der Waals surface area contributed by atoms with Crippen LogP contribution in [0.4, 0.5) is 0 Å². The minimum atomic E-state index is -0.224. The van der Waals surface area contributed by atoms with Crippen molar-refractivity contribution in [3.8, 4) is 5.75 Å². The second kappa shape index (κ2) is 7.28. The summed E-state index contributed by atoms with van der Waals surface area (Å²) in [6, 6.07) is 6.37. The summed E-state index contributed by atoms with van der Waals surface area (Å²) in [7, 11) is 0. The Kier molecular flexibility index (Phi) is 5.11. The van der Waals surface area contributed by atoms with Crippen LogP contribution in [0.2, 0.25) is 10.0 Å². The van der Waals surface area contributed by atoms with Crippen LogP contribution >= 0.6 is 23.2 Å². The number of aromatic amines is 1. The predicted molar refractivity (Wildman–Crippen MR) is 92.2 cm³/mol. The molecule has 3 rings (SSSR count). The van der Waals surface area contributed by atoms with Crippen molar-refractivity contribution in [3.63, 3.8) is 0 Å². The van der Waals surface area contributed by atoms with E-state index < -0.39 is 0 Å². The van der Waals surface area contributed by atoms with Gasteiger partial charge < -0.3 is 14.6 Å². The maximum Gasteiger partial charge on any atom is 0.270 e. The summed E-state index contributed by atoms with van der Waals surface area (Å²) in [4.78, 5) is 29.1. The SMILES string of the molecule is O=C(COc1ccc(Cl)c(Cl)c1)c1c[nH]c(C(=O)N2CCCC2)c1. The highest BCUT2D eigenvalue weighted by Gasteiger charge is 2.21. The van der Waals surface area contributed by atoms with Gasteiger partial charge in [0.1, 0.15) is 11.4 Å². The summed E-state index contributed by atoms with van der Waals surface area (Å²) in [6.07, 6.45) is 3.58. The van der Waals surface area contributed by atoms with E-state index >= 15 is 0 Å². The molecule has 1 aromatic heterocycles. The maximum absolute atomic E-state index is 12.3. The highest BCUT2D eigenvalue weighted by atomic mass is 35.5. The number of benzene rings is 1. The van der Waals surface area contributed by atoms with E-state index in [4.69, 9.17) is 27.9 Å². The van der Waals surface area contributed by atoms with Crippen molar-refractivity contribution in [1.82, 2.24) is 9.88 Å². The first-order valence-corrected chi connectivity index (χ1v) is 8.39. The van der Waals surface area contributed by atoms with Crippen LogP contribution in [-0.2, 0) is 0 Å². The summed E-state index contributed by atoms with van der Waals surface area (Å²) >= 11 is 11.7. The molecule has 0 radical (unpaired) electrons. The van der Waals surface area contributed by atoms with E-state index in [9.17, 15) is 9.59 Å². The zero-order valence-electron chi connectivity index (χ0n) is 12.9. The molecule has 1 saturated heterocycles. The number of hydrogen-bond acceptors (Lipinski definition) is 3. The number of amides is 1. The molecule has 0 spiro atoms. The van der Waals surface area contributed by atoms with Crippen molar-refractivity contribution in [2.45, 2.75) is 12.8 Å². The second-order valence-electron chi connectivity index (χ2n) is 5.59. The molecule has 1 aliphatic heterocycles. The van der Waals surface area contributed by atoms with Crippen LogP contribution in [0.25, 0.3) is 0 Å². The lowest BCUT2D eigenvalue weighted by molar-refractivity contribution is 0.0787.